The van der Waals surface area contributed by atoms with Crippen LogP contribution < -0.4 is 5.32 Å². The highest BCUT2D eigenvalue weighted by molar-refractivity contribution is 7.92. The van der Waals surface area contributed by atoms with Crippen LogP contribution in [0.5, 0.6) is 0 Å². The number of carbonyl (C=O) groups excluding carboxylic acids is 1. The van der Waals surface area contributed by atoms with Crippen LogP contribution >= 0.6 is 0 Å². The second-order valence-corrected chi connectivity index (χ2v) is 6.21. The number of aliphatic carboxylic acids is 1. The van der Waals surface area contributed by atoms with Crippen LogP contribution in [0.2, 0.25) is 0 Å². The number of amides is 1. The average Bonchev–Trinajstić information content (AvgIpc) is 2.83. The Morgan fingerprint density at radius 3 is 2.31 bits per heavy atom. The smallest absolute Gasteiger partial charge is 0.329 e. The van der Waals surface area contributed by atoms with Crippen molar-refractivity contribution in [1.29, 1.82) is 0 Å². The first kappa shape index (κ1) is 13.0. The molecule has 0 aromatic heterocycles. The van der Waals surface area contributed by atoms with Gasteiger partial charge in [-0.15, -0.1) is 0 Å². The van der Waals surface area contributed by atoms with Crippen LogP contribution in [0.4, 0.5) is 0 Å². The van der Waals surface area contributed by atoms with E-state index in [-0.39, 0.29) is 5.75 Å². The molecule has 1 fully saturated rings. The zero-order valence-electron chi connectivity index (χ0n) is 9.02. The van der Waals surface area contributed by atoms with Crippen molar-refractivity contribution in [2.24, 2.45) is 0 Å². The van der Waals surface area contributed by atoms with Crippen molar-refractivity contribution >= 4 is 21.7 Å². The maximum atomic E-state index is 11.3. The molecule has 0 bridgehead atoms. The minimum atomic E-state index is -3.41. The van der Waals surface area contributed by atoms with E-state index in [0.717, 1.165) is 0 Å². The number of hydrogen-bond donors (Lipinski definition) is 2. The van der Waals surface area contributed by atoms with E-state index in [4.69, 9.17) is 5.11 Å². The second kappa shape index (κ2) is 4.40. The Labute approximate surface area is 93.9 Å². The molecule has 1 aliphatic carbocycles. The highest BCUT2D eigenvalue weighted by atomic mass is 32.2. The van der Waals surface area contributed by atoms with Crippen molar-refractivity contribution in [3.05, 3.63) is 0 Å². The van der Waals surface area contributed by atoms with Crippen LogP contribution in [0.15, 0.2) is 0 Å². The second-order valence-electron chi connectivity index (χ2n) is 4.03. The molecule has 0 aliphatic heterocycles. The predicted molar refractivity (Wildman–Crippen MR) is 56.7 cm³/mol. The molecule has 7 heteroatoms. The number of sulfone groups is 1. The third-order valence-electron chi connectivity index (χ3n) is 2.40. The van der Waals surface area contributed by atoms with Gasteiger partial charge in [-0.05, 0) is 19.3 Å². The molecule has 6 nitrogen and oxygen atoms in total. The van der Waals surface area contributed by atoms with Gasteiger partial charge in [0.05, 0.1) is 5.75 Å². The molecule has 0 heterocycles. The minimum Gasteiger partial charge on any atom is -0.480 e. The van der Waals surface area contributed by atoms with E-state index in [1.54, 1.807) is 6.92 Å². The molecule has 92 valence electrons. The van der Waals surface area contributed by atoms with Crippen molar-refractivity contribution in [3.8, 4) is 0 Å². The summed E-state index contributed by atoms with van der Waals surface area (Å²) in [5.74, 6) is -2.52. The van der Waals surface area contributed by atoms with Gasteiger partial charge >= 0.3 is 5.97 Å². The lowest BCUT2D eigenvalue weighted by Gasteiger charge is -2.12. The largest absolute Gasteiger partial charge is 0.480 e. The highest BCUT2D eigenvalue weighted by Gasteiger charge is 2.51. The van der Waals surface area contributed by atoms with Gasteiger partial charge in [0.25, 0.3) is 0 Å². The van der Waals surface area contributed by atoms with Crippen LogP contribution in [0, 0.1) is 0 Å². The molecular formula is C9H15NO5S. The monoisotopic (exact) mass is 249 g/mol. The van der Waals surface area contributed by atoms with Crippen molar-refractivity contribution in [2.45, 2.75) is 31.7 Å². The molecule has 0 aromatic rings. The van der Waals surface area contributed by atoms with E-state index in [1.807, 2.05) is 0 Å². The van der Waals surface area contributed by atoms with Gasteiger partial charge in [-0.3, -0.25) is 4.79 Å². The van der Waals surface area contributed by atoms with Crippen LogP contribution in [0.3, 0.4) is 0 Å². The molecule has 0 radical (unpaired) electrons. The molecule has 1 aliphatic rings. The fourth-order valence-electron chi connectivity index (χ4n) is 1.40. The average molecular weight is 249 g/mol. The number of nitrogens with one attached hydrogen (secondary N) is 1. The summed E-state index contributed by atoms with van der Waals surface area (Å²) in [5.41, 5.74) is -1.21. The summed E-state index contributed by atoms with van der Waals surface area (Å²) < 4.78 is 22.6. The SMILES string of the molecule is CCCS(=O)(=O)CC(=O)NC1(C(=O)O)CC1. The molecule has 16 heavy (non-hydrogen) atoms. The third-order valence-corrected chi connectivity index (χ3v) is 4.14. The Hall–Kier alpha value is -1.11. The van der Waals surface area contributed by atoms with Gasteiger partial charge in [0.1, 0.15) is 11.3 Å². The maximum absolute atomic E-state index is 11.3. The standard InChI is InChI=1S/C9H15NO5S/c1-2-5-16(14,15)6-7(11)10-9(3-4-9)8(12)13/h2-6H2,1H3,(H,10,11)(H,12,13). The minimum absolute atomic E-state index is 0.0551. The van der Waals surface area contributed by atoms with Crippen LogP contribution in [0.1, 0.15) is 26.2 Å². The molecule has 1 saturated carbocycles. The van der Waals surface area contributed by atoms with Crippen molar-refractivity contribution in [1.82, 2.24) is 5.32 Å². The number of carboxylic acids is 1. The zero-order chi connectivity index (χ0) is 12.4. The third kappa shape index (κ3) is 3.19. The van der Waals surface area contributed by atoms with Gasteiger partial charge in [0.2, 0.25) is 5.91 Å². The van der Waals surface area contributed by atoms with Crippen LogP contribution in [-0.2, 0) is 19.4 Å². The molecule has 0 unspecified atom stereocenters. The Morgan fingerprint density at radius 2 is 1.94 bits per heavy atom. The van der Waals surface area contributed by atoms with Crippen molar-refractivity contribution < 1.29 is 23.1 Å². The summed E-state index contributed by atoms with van der Waals surface area (Å²) in [6.07, 6.45) is 1.17. The summed E-state index contributed by atoms with van der Waals surface area (Å²) in [6.45, 7) is 1.70. The van der Waals surface area contributed by atoms with Gasteiger partial charge in [0.15, 0.2) is 9.84 Å². The fourth-order valence-corrected chi connectivity index (χ4v) is 2.64. The fraction of sp³-hybridized carbons (Fsp3) is 0.778. The Kier molecular flexibility index (Phi) is 3.57. The lowest BCUT2D eigenvalue weighted by atomic mass is 10.3. The summed E-state index contributed by atoms with van der Waals surface area (Å²) in [4.78, 5) is 22.1. The first-order valence-electron chi connectivity index (χ1n) is 5.06. The van der Waals surface area contributed by atoms with Gasteiger partial charge in [-0.1, -0.05) is 6.92 Å². The number of carboxylic acid groups (broad SMARTS) is 1. The summed E-state index contributed by atoms with van der Waals surface area (Å²) in [5, 5.41) is 11.1. The number of rotatable bonds is 6. The summed E-state index contributed by atoms with van der Waals surface area (Å²) in [6, 6.07) is 0. The number of hydrogen-bond acceptors (Lipinski definition) is 4. The first-order chi connectivity index (χ1) is 7.31. The van der Waals surface area contributed by atoms with E-state index < -0.39 is 33.0 Å². The molecule has 1 amide bonds. The Morgan fingerprint density at radius 1 is 1.38 bits per heavy atom. The Balaban J connectivity index is 2.52. The summed E-state index contributed by atoms with van der Waals surface area (Å²) in [7, 11) is -3.41. The highest BCUT2D eigenvalue weighted by Crippen LogP contribution is 2.35. The van der Waals surface area contributed by atoms with Gasteiger partial charge in [0, 0.05) is 0 Å². The van der Waals surface area contributed by atoms with E-state index in [1.165, 1.54) is 0 Å². The lowest BCUT2D eigenvalue weighted by Crippen LogP contribution is -2.45. The van der Waals surface area contributed by atoms with Crippen LogP contribution in [-0.4, -0.2) is 42.4 Å². The van der Waals surface area contributed by atoms with Crippen molar-refractivity contribution in [3.63, 3.8) is 0 Å². The maximum Gasteiger partial charge on any atom is 0.329 e. The zero-order valence-corrected chi connectivity index (χ0v) is 9.84. The van der Waals surface area contributed by atoms with Crippen LogP contribution in [0.25, 0.3) is 0 Å². The normalized spacial score (nSPS) is 17.8. The molecular weight excluding hydrogens is 234 g/mol. The quantitative estimate of drug-likeness (QED) is 0.663. The van der Waals surface area contributed by atoms with Gasteiger partial charge in [-0.2, -0.15) is 0 Å². The van der Waals surface area contributed by atoms with E-state index in [2.05, 4.69) is 5.32 Å². The molecule has 0 aromatic carbocycles. The lowest BCUT2D eigenvalue weighted by molar-refractivity contribution is -0.142. The Bertz CT molecular complexity index is 396. The first-order valence-corrected chi connectivity index (χ1v) is 6.88. The molecule has 0 atom stereocenters. The molecule has 0 spiro atoms. The van der Waals surface area contributed by atoms with E-state index in [9.17, 15) is 18.0 Å². The van der Waals surface area contributed by atoms with E-state index in [0.29, 0.717) is 19.3 Å². The topological polar surface area (TPSA) is 101 Å². The predicted octanol–water partition coefficient (Wildman–Crippen LogP) is -0.455. The number of carbonyl (C=O) groups is 2. The van der Waals surface area contributed by atoms with Gasteiger partial charge in [-0.25, -0.2) is 13.2 Å². The van der Waals surface area contributed by atoms with E-state index >= 15 is 0 Å². The molecule has 2 N–H and O–H groups in total. The molecule has 1 rings (SSSR count). The molecule has 0 saturated heterocycles. The summed E-state index contributed by atoms with van der Waals surface area (Å²) >= 11 is 0. The van der Waals surface area contributed by atoms with Crippen molar-refractivity contribution in [2.75, 3.05) is 11.5 Å². The van der Waals surface area contributed by atoms with Gasteiger partial charge < -0.3 is 10.4 Å².